The molecule has 0 fully saturated rings. The van der Waals surface area contributed by atoms with E-state index < -0.39 is 0 Å². The lowest BCUT2D eigenvalue weighted by atomic mass is 10.1. The van der Waals surface area contributed by atoms with Crippen molar-refractivity contribution in [2.75, 3.05) is 6.54 Å². The van der Waals surface area contributed by atoms with Crippen LogP contribution in [0, 0.1) is 6.92 Å². The third-order valence-electron chi connectivity index (χ3n) is 5.12. The number of aryl methyl sites for hydroxylation is 1. The first-order valence-corrected chi connectivity index (χ1v) is 9.87. The standard InChI is InChI=1S/C20H19N5OS/c1-13-21-16-4-2-3-5-18(16)25(13)12-15-10-17(23-22-15)20(26)24-8-6-19-14(11-24)7-9-27-19/h2-5,7,9-10H,6,8,11-12H2,1H3,(H,22,23). The molecular formula is C20H19N5OS. The van der Waals surface area contributed by atoms with Crippen molar-refractivity contribution in [3.05, 3.63) is 69.4 Å². The first-order valence-electron chi connectivity index (χ1n) is 9.00. The molecule has 1 aromatic carbocycles. The van der Waals surface area contributed by atoms with E-state index in [9.17, 15) is 4.79 Å². The number of thiophene rings is 1. The number of H-pyrrole nitrogens is 1. The van der Waals surface area contributed by atoms with Crippen LogP contribution in [0.1, 0.15) is 32.4 Å². The van der Waals surface area contributed by atoms with Gasteiger partial charge in [-0.1, -0.05) is 12.1 Å². The van der Waals surface area contributed by atoms with Gasteiger partial charge in [-0.25, -0.2) is 4.98 Å². The summed E-state index contributed by atoms with van der Waals surface area (Å²) in [6, 6.07) is 12.0. The summed E-state index contributed by atoms with van der Waals surface area (Å²) in [6.45, 7) is 4.03. The summed E-state index contributed by atoms with van der Waals surface area (Å²) in [6.07, 6.45) is 0.927. The Morgan fingerprint density at radius 2 is 2.19 bits per heavy atom. The van der Waals surface area contributed by atoms with Crippen molar-refractivity contribution in [1.82, 2.24) is 24.6 Å². The van der Waals surface area contributed by atoms with Gasteiger partial charge < -0.3 is 9.47 Å². The van der Waals surface area contributed by atoms with Crippen LogP contribution in [0.2, 0.25) is 0 Å². The van der Waals surface area contributed by atoms with Crippen LogP contribution in [0.4, 0.5) is 0 Å². The van der Waals surface area contributed by atoms with Crippen molar-refractivity contribution in [3.63, 3.8) is 0 Å². The molecule has 0 saturated carbocycles. The van der Waals surface area contributed by atoms with E-state index in [-0.39, 0.29) is 5.91 Å². The lowest BCUT2D eigenvalue weighted by Crippen LogP contribution is -2.35. The summed E-state index contributed by atoms with van der Waals surface area (Å²) in [5.41, 5.74) is 4.70. The van der Waals surface area contributed by atoms with Gasteiger partial charge in [-0.2, -0.15) is 5.10 Å². The quantitative estimate of drug-likeness (QED) is 0.595. The number of nitrogens with zero attached hydrogens (tertiary/aromatic N) is 4. The predicted octanol–water partition coefficient (Wildman–Crippen LogP) is 3.38. The zero-order valence-electron chi connectivity index (χ0n) is 15.0. The molecule has 27 heavy (non-hydrogen) atoms. The van der Waals surface area contributed by atoms with E-state index in [1.807, 2.05) is 36.1 Å². The molecule has 0 bridgehead atoms. The monoisotopic (exact) mass is 377 g/mol. The lowest BCUT2D eigenvalue weighted by Gasteiger charge is -2.26. The average Bonchev–Trinajstić information content (AvgIpc) is 3.40. The van der Waals surface area contributed by atoms with Gasteiger partial charge in [0.25, 0.3) is 5.91 Å². The Hall–Kier alpha value is -2.93. The summed E-state index contributed by atoms with van der Waals surface area (Å²) >= 11 is 1.77. The van der Waals surface area contributed by atoms with Gasteiger partial charge in [0, 0.05) is 18.0 Å². The number of para-hydroxylation sites is 2. The van der Waals surface area contributed by atoms with Crippen molar-refractivity contribution >= 4 is 28.3 Å². The SMILES string of the molecule is Cc1nc2ccccc2n1Cc1cc(C(=O)N2CCc3sccc3C2)n[nH]1. The van der Waals surface area contributed by atoms with Crippen LogP contribution >= 0.6 is 11.3 Å². The maximum atomic E-state index is 12.9. The second-order valence-corrected chi connectivity index (χ2v) is 7.86. The molecule has 4 heterocycles. The van der Waals surface area contributed by atoms with Crippen LogP contribution < -0.4 is 0 Å². The number of amides is 1. The van der Waals surface area contributed by atoms with E-state index in [0.717, 1.165) is 35.5 Å². The second-order valence-electron chi connectivity index (χ2n) is 6.86. The molecule has 0 aliphatic carbocycles. The van der Waals surface area contributed by atoms with E-state index in [1.165, 1.54) is 10.4 Å². The molecular weight excluding hydrogens is 358 g/mol. The molecule has 0 atom stereocenters. The predicted molar refractivity (Wildman–Crippen MR) is 105 cm³/mol. The Morgan fingerprint density at radius 3 is 3.11 bits per heavy atom. The van der Waals surface area contributed by atoms with E-state index >= 15 is 0 Å². The number of aromatic nitrogens is 4. The topological polar surface area (TPSA) is 66.8 Å². The minimum Gasteiger partial charge on any atom is -0.333 e. The second kappa shape index (κ2) is 6.35. The zero-order chi connectivity index (χ0) is 18.4. The fourth-order valence-electron chi connectivity index (χ4n) is 3.70. The van der Waals surface area contributed by atoms with Crippen LogP contribution in [-0.2, 0) is 19.5 Å². The lowest BCUT2D eigenvalue weighted by molar-refractivity contribution is 0.0730. The minimum atomic E-state index is -0.0124. The molecule has 1 aliphatic heterocycles. The Morgan fingerprint density at radius 1 is 1.30 bits per heavy atom. The smallest absolute Gasteiger partial charge is 0.274 e. The molecule has 1 N–H and O–H groups in total. The first-order chi connectivity index (χ1) is 13.2. The molecule has 1 amide bonds. The van der Waals surface area contributed by atoms with Crippen molar-refractivity contribution in [2.24, 2.45) is 0 Å². The molecule has 7 heteroatoms. The van der Waals surface area contributed by atoms with Gasteiger partial charge in [-0.15, -0.1) is 11.3 Å². The highest BCUT2D eigenvalue weighted by molar-refractivity contribution is 7.10. The third kappa shape index (κ3) is 2.84. The number of carbonyl (C=O) groups excluding carboxylic acids is 1. The molecule has 0 spiro atoms. The number of hydrogen-bond donors (Lipinski definition) is 1. The summed E-state index contributed by atoms with van der Waals surface area (Å²) in [5, 5.41) is 9.40. The van der Waals surface area contributed by atoms with Crippen molar-refractivity contribution in [2.45, 2.75) is 26.4 Å². The number of aromatic amines is 1. The van der Waals surface area contributed by atoms with E-state index in [4.69, 9.17) is 0 Å². The molecule has 3 aromatic heterocycles. The Labute approximate surface area is 160 Å². The summed E-state index contributed by atoms with van der Waals surface area (Å²) in [4.78, 5) is 20.7. The fourth-order valence-corrected chi connectivity index (χ4v) is 4.59. The zero-order valence-corrected chi connectivity index (χ0v) is 15.8. The van der Waals surface area contributed by atoms with Crippen LogP contribution in [0.3, 0.4) is 0 Å². The van der Waals surface area contributed by atoms with E-state index in [1.54, 1.807) is 11.3 Å². The fraction of sp³-hybridized carbons (Fsp3) is 0.250. The van der Waals surface area contributed by atoms with Crippen molar-refractivity contribution in [1.29, 1.82) is 0 Å². The minimum absolute atomic E-state index is 0.0124. The van der Waals surface area contributed by atoms with Crippen LogP contribution in [-0.4, -0.2) is 37.1 Å². The highest BCUT2D eigenvalue weighted by Crippen LogP contribution is 2.25. The maximum Gasteiger partial charge on any atom is 0.274 e. The van der Waals surface area contributed by atoms with Gasteiger partial charge in [-0.3, -0.25) is 9.89 Å². The molecule has 0 radical (unpaired) electrons. The molecule has 5 rings (SSSR count). The van der Waals surface area contributed by atoms with Gasteiger partial charge in [0.15, 0.2) is 0 Å². The highest BCUT2D eigenvalue weighted by atomic mass is 32.1. The molecule has 136 valence electrons. The van der Waals surface area contributed by atoms with Crippen LogP contribution in [0.5, 0.6) is 0 Å². The average molecular weight is 377 g/mol. The van der Waals surface area contributed by atoms with Gasteiger partial charge in [0.2, 0.25) is 0 Å². The molecule has 1 aliphatic rings. The Bertz CT molecular complexity index is 1140. The van der Waals surface area contributed by atoms with Gasteiger partial charge in [0.05, 0.1) is 23.3 Å². The summed E-state index contributed by atoms with van der Waals surface area (Å²) in [7, 11) is 0. The van der Waals surface area contributed by atoms with Gasteiger partial charge in [-0.05, 0) is 48.6 Å². The van der Waals surface area contributed by atoms with Gasteiger partial charge >= 0.3 is 0 Å². The number of rotatable bonds is 3. The summed E-state index contributed by atoms with van der Waals surface area (Å²) in [5.74, 6) is 0.932. The van der Waals surface area contributed by atoms with E-state index in [2.05, 4.69) is 37.3 Å². The van der Waals surface area contributed by atoms with Crippen molar-refractivity contribution in [3.8, 4) is 0 Å². The third-order valence-corrected chi connectivity index (χ3v) is 6.14. The van der Waals surface area contributed by atoms with Crippen molar-refractivity contribution < 1.29 is 4.79 Å². The van der Waals surface area contributed by atoms with Gasteiger partial charge in [0.1, 0.15) is 11.5 Å². The number of nitrogens with one attached hydrogen (secondary N) is 1. The largest absolute Gasteiger partial charge is 0.333 e. The molecule has 6 nitrogen and oxygen atoms in total. The number of carbonyl (C=O) groups is 1. The first kappa shape index (κ1) is 16.3. The number of benzene rings is 1. The number of imidazole rings is 1. The highest BCUT2D eigenvalue weighted by Gasteiger charge is 2.24. The van der Waals surface area contributed by atoms with Crippen LogP contribution in [0.15, 0.2) is 41.8 Å². The molecule has 0 unspecified atom stereocenters. The Kier molecular flexibility index (Phi) is 3.82. The van der Waals surface area contributed by atoms with Crippen LogP contribution in [0.25, 0.3) is 11.0 Å². The Balaban J connectivity index is 1.37. The number of hydrogen-bond acceptors (Lipinski definition) is 4. The normalized spacial score (nSPS) is 13.9. The van der Waals surface area contributed by atoms with E-state index in [0.29, 0.717) is 18.8 Å². The molecule has 0 saturated heterocycles. The summed E-state index contributed by atoms with van der Waals surface area (Å²) < 4.78 is 2.13. The number of fused-ring (bicyclic) bond motifs is 2. The molecule has 4 aromatic rings. The maximum absolute atomic E-state index is 12.9.